The van der Waals surface area contributed by atoms with E-state index in [0.29, 0.717) is 22.4 Å². The predicted octanol–water partition coefficient (Wildman–Crippen LogP) is 7.44. The first kappa shape index (κ1) is 30.4. The van der Waals surface area contributed by atoms with E-state index >= 15 is 0 Å². The normalized spacial score (nSPS) is 11.1. The van der Waals surface area contributed by atoms with Gasteiger partial charge in [0.1, 0.15) is 12.1 Å². The Balaban J connectivity index is 1.36. The molecule has 0 radical (unpaired) electrons. The summed E-state index contributed by atoms with van der Waals surface area (Å²) in [5, 5.41) is 37.8. The second-order valence-electron chi connectivity index (χ2n) is 12.2. The van der Waals surface area contributed by atoms with Gasteiger partial charge < -0.3 is 4.57 Å². The molecule has 1 heterocycles. The van der Waals surface area contributed by atoms with E-state index in [4.69, 9.17) is 0 Å². The van der Waals surface area contributed by atoms with Gasteiger partial charge in [-0.2, -0.15) is 15.8 Å². The molecule has 1 aromatic heterocycles. The second kappa shape index (κ2) is 12.6. The molecular weight excluding hydrogens is 625 g/mol. The summed E-state index contributed by atoms with van der Waals surface area (Å²) in [5.74, 6) is 0. The Hall–Kier alpha value is -6.97. The average Bonchev–Trinajstić information content (AvgIpc) is 3.52. The lowest BCUT2D eigenvalue weighted by Crippen LogP contribution is -2.74. The molecule has 0 saturated heterocycles. The molecule has 232 valence electrons. The van der Waals surface area contributed by atoms with E-state index in [1.54, 1.807) is 12.1 Å². The lowest BCUT2D eigenvalue weighted by molar-refractivity contribution is 1.16. The Morgan fingerprint density at radius 3 is 1.54 bits per heavy atom. The third kappa shape index (κ3) is 4.72. The molecule has 50 heavy (non-hydrogen) atoms. The summed E-state index contributed by atoms with van der Waals surface area (Å²) in [4.78, 5) is 0. The molecular formula is C45H28N4Si. The number of nitrogens with zero attached hydrogens (tertiary/aromatic N) is 4. The van der Waals surface area contributed by atoms with Gasteiger partial charge in [-0.05, 0) is 56.6 Å². The van der Waals surface area contributed by atoms with Crippen LogP contribution in [-0.2, 0) is 0 Å². The minimum Gasteiger partial charge on any atom is -0.307 e. The van der Waals surface area contributed by atoms with E-state index in [0.717, 1.165) is 32.9 Å². The van der Waals surface area contributed by atoms with Gasteiger partial charge in [0, 0.05) is 16.3 Å². The first-order chi connectivity index (χ1) is 24.7. The molecule has 0 N–H and O–H groups in total. The SMILES string of the molecule is N#Cc1ccc2c(c1)c1ccccc1n2-c1c(C#N)ccc(-c2ccc([Si](c3ccccc3)(c3ccccc3)c3ccccc3)cc2)c1C#N. The fourth-order valence-corrected chi connectivity index (χ4v) is 12.3. The number of para-hydroxylation sites is 1. The van der Waals surface area contributed by atoms with Gasteiger partial charge in [-0.1, -0.05) is 140 Å². The van der Waals surface area contributed by atoms with Crippen molar-refractivity contribution in [1.29, 1.82) is 15.8 Å². The molecule has 0 aliphatic heterocycles. The topological polar surface area (TPSA) is 76.3 Å². The summed E-state index contributed by atoms with van der Waals surface area (Å²) in [6.07, 6.45) is 0. The Kier molecular flexibility index (Phi) is 7.63. The predicted molar refractivity (Wildman–Crippen MR) is 204 cm³/mol. The van der Waals surface area contributed by atoms with Crippen LogP contribution < -0.4 is 20.7 Å². The van der Waals surface area contributed by atoms with Crippen molar-refractivity contribution >= 4 is 50.6 Å². The molecule has 0 unspecified atom stereocenters. The van der Waals surface area contributed by atoms with Crippen molar-refractivity contribution in [2.45, 2.75) is 0 Å². The van der Waals surface area contributed by atoms with E-state index in [-0.39, 0.29) is 0 Å². The molecule has 0 atom stereocenters. The van der Waals surface area contributed by atoms with Crippen LogP contribution in [-0.4, -0.2) is 12.6 Å². The van der Waals surface area contributed by atoms with E-state index in [1.807, 2.05) is 47.0 Å². The molecule has 0 fully saturated rings. The second-order valence-corrected chi connectivity index (χ2v) is 16.0. The van der Waals surface area contributed by atoms with Crippen LogP contribution in [0.1, 0.15) is 16.7 Å². The van der Waals surface area contributed by atoms with Crippen molar-refractivity contribution < 1.29 is 0 Å². The molecule has 0 saturated carbocycles. The van der Waals surface area contributed by atoms with Gasteiger partial charge in [0.05, 0.1) is 39.5 Å². The van der Waals surface area contributed by atoms with E-state index in [1.165, 1.54) is 20.7 Å². The highest BCUT2D eigenvalue weighted by molar-refractivity contribution is 7.19. The number of fused-ring (bicyclic) bond motifs is 3. The van der Waals surface area contributed by atoms with Gasteiger partial charge in [-0.25, -0.2) is 0 Å². The number of benzene rings is 7. The highest BCUT2D eigenvalue weighted by Gasteiger charge is 2.41. The zero-order valence-corrected chi connectivity index (χ0v) is 28.0. The summed E-state index contributed by atoms with van der Waals surface area (Å²) in [5.41, 5.74) is 5.24. The zero-order valence-electron chi connectivity index (χ0n) is 27.0. The smallest absolute Gasteiger partial charge is 0.179 e. The summed E-state index contributed by atoms with van der Waals surface area (Å²) in [6, 6.07) is 65.2. The number of aromatic nitrogens is 1. The standard InChI is InChI=1S/C45H28N4Si/c46-29-32-20-27-44-41(28-32)40-18-10-11-19-43(40)49(44)45-34(30-47)23-26-39(42(45)31-48)33-21-24-38(25-22-33)50(35-12-4-1-5-13-35,36-14-6-2-7-15-36)37-16-8-3-9-17-37/h1-28H. The van der Waals surface area contributed by atoms with Crippen LogP contribution in [0, 0.1) is 34.0 Å². The third-order valence-corrected chi connectivity index (χ3v) is 14.5. The third-order valence-electron chi connectivity index (χ3n) is 9.68. The summed E-state index contributed by atoms with van der Waals surface area (Å²) >= 11 is 0. The molecule has 8 rings (SSSR count). The fraction of sp³-hybridized carbons (Fsp3) is 0. The van der Waals surface area contributed by atoms with Gasteiger partial charge in [-0.3, -0.25) is 0 Å². The molecule has 0 aliphatic rings. The lowest BCUT2D eigenvalue weighted by Gasteiger charge is -2.34. The molecule has 0 aliphatic carbocycles. The van der Waals surface area contributed by atoms with Crippen molar-refractivity contribution in [3.05, 3.63) is 187 Å². The molecule has 8 aromatic rings. The van der Waals surface area contributed by atoms with Gasteiger partial charge in [0.15, 0.2) is 8.07 Å². The number of nitriles is 3. The molecule has 0 bridgehead atoms. The maximum absolute atomic E-state index is 10.8. The van der Waals surface area contributed by atoms with Crippen LogP contribution in [0.4, 0.5) is 0 Å². The van der Waals surface area contributed by atoms with Crippen molar-refractivity contribution in [3.63, 3.8) is 0 Å². The molecule has 7 aromatic carbocycles. The molecule has 0 amide bonds. The fourth-order valence-electron chi connectivity index (χ4n) is 7.51. The maximum atomic E-state index is 10.8. The van der Waals surface area contributed by atoms with Crippen LogP contribution >= 0.6 is 0 Å². The largest absolute Gasteiger partial charge is 0.307 e. The lowest BCUT2D eigenvalue weighted by atomic mass is 9.96. The molecule has 5 heteroatoms. The Morgan fingerprint density at radius 2 is 0.980 bits per heavy atom. The number of rotatable bonds is 6. The zero-order chi connectivity index (χ0) is 34.1. The van der Waals surface area contributed by atoms with Crippen molar-refractivity contribution in [1.82, 2.24) is 4.57 Å². The first-order valence-corrected chi connectivity index (χ1v) is 18.4. The minimum atomic E-state index is -2.72. The Labute approximate surface area is 291 Å². The van der Waals surface area contributed by atoms with Gasteiger partial charge >= 0.3 is 0 Å². The van der Waals surface area contributed by atoms with Crippen LogP contribution in [0.5, 0.6) is 0 Å². The summed E-state index contributed by atoms with van der Waals surface area (Å²) in [6.45, 7) is 0. The van der Waals surface area contributed by atoms with Crippen molar-refractivity contribution in [2.75, 3.05) is 0 Å². The maximum Gasteiger partial charge on any atom is 0.179 e. The Bertz CT molecular complexity index is 2560. The monoisotopic (exact) mass is 652 g/mol. The molecule has 0 spiro atoms. The van der Waals surface area contributed by atoms with Crippen LogP contribution in [0.15, 0.2) is 170 Å². The summed E-state index contributed by atoms with van der Waals surface area (Å²) in [7, 11) is -2.72. The van der Waals surface area contributed by atoms with Gasteiger partial charge in [0.2, 0.25) is 0 Å². The van der Waals surface area contributed by atoms with E-state index in [9.17, 15) is 15.8 Å². The van der Waals surface area contributed by atoms with Crippen LogP contribution in [0.2, 0.25) is 0 Å². The van der Waals surface area contributed by atoms with Crippen molar-refractivity contribution in [3.8, 4) is 35.0 Å². The number of hydrogen-bond acceptors (Lipinski definition) is 3. The minimum absolute atomic E-state index is 0.401. The van der Waals surface area contributed by atoms with E-state index in [2.05, 4.69) is 133 Å². The van der Waals surface area contributed by atoms with E-state index < -0.39 is 8.07 Å². The van der Waals surface area contributed by atoms with Crippen LogP contribution in [0.25, 0.3) is 38.6 Å². The molecule has 4 nitrogen and oxygen atoms in total. The Morgan fingerprint density at radius 1 is 0.440 bits per heavy atom. The quantitative estimate of drug-likeness (QED) is 0.138. The summed E-state index contributed by atoms with van der Waals surface area (Å²) < 4.78 is 2.00. The van der Waals surface area contributed by atoms with Crippen LogP contribution in [0.3, 0.4) is 0 Å². The van der Waals surface area contributed by atoms with Crippen molar-refractivity contribution in [2.24, 2.45) is 0 Å². The highest BCUT2D eigenvalue weighted by Crippen LogP contribution is 2.37. The highest BCUT2D eigenvalue weighted by atomic mass is 28.3. The number of hydrogen-bond donors (Lipinski definition) is 0. The van der Waals surface area contributed by atoms with Gasteiger partial charge in [0.25, 0.3) is 0 Å². The first-order valence-electron chi connectivity index (χ1n) is 16.4. The van der Waals surface area contributed by atoms with Gasteiger partial charge in [-0.15, -0.1) is 0 Å². The average molecular weight is 653 g/mol.